The van der Waals surface area contributed by atoms with Crippen LogP contribution in [0, 0.1) is 0 Å². The maximum absolute atomic E-state index is 4.34. The van der Waals surface area contributed by atoms with Crippen molar-refractivity contribution in [3.8, 4) is 0 Å². The van der Waals surface area contributed by atoms with E-state index in [0.717, 1.165) is 10.9 Å². The van der Waals surface area contributed by atoms with E-state index < -0.39 is 0 Å². The second-order valence-electron chi connectivity index (χ2n) is 3.87. The minimum Gasteiger partial charge on any atom is -0.240 e. The summed E-state index contributed by atoms with van der Waals surface area (Å²) in [5.41, 5.74) is 2.30. The molecule has 0 atom stereocenters. The maximum atomic E-state index is 4.34. The quantitative estimate of drug-likeness (QED) is 0.644. The van der Waals surface area contributed by atoms with Crippen molar-refractivity contribution in [1.29, 1.82) is 0 Å². The number of para-hydroxylation sites is 1. The van der Waals surface area contributed by atoms with Crippen LogP contribution in [0.5, 0.6) is 0 Å². The fraction of sp³-hybridized carbons (Fsp3) is 0. The van der Waals surface area contributed by atoms with Gasteiger partial charge in [-0.05, 0) is 17.7 Å². The Hall–Kier alpha value is -2.35. The molecule has 0 unspecified atom stereocenters. The van der Waals surface area contributed by atoms with Gasteiger partial charge in [0, 0.05) is 11.6 Å². The van der Waals surface area contributed by atoms with E-state index in [1.165, 1.54) is 5.56 Å². The lowest BCUT2D eigenvalue weighted by Crippen LogP contribution is -1.87. The standard InChI is InChI=1S/C15H12N2/c1-2-6-13(7-3-1)10-11-17-15-9-5-4-8-14(15)12-16-17/h1-12H/b11-10+. The molecular weight excluding hydrogens is 208 g/mol. The molecule has 0 radical (unpaired) electrons. The smallest absolute Gasteiger partial charge is 0.0733 e. The second kappa shape index (κ2) is 4.26. The molecule has 0 fully saturated rings. The summed E-state index contributed by atoms with van der Waals surface area (Å²) < 4.78 is 1.89. The lowest BCUT2D eigenvalue weighted by Gasteiger charge is -1.95. The van der Waals surface area contributed by atoms with Crippen LogP contribution in [-0.2, 0) is 0 Å². The zero-order chi connectivity index (χ0) is 11.5. The van der Waals surface area contributed by atoms with Crippen molar-refractivity contribution in [2.24, 2.45) is 0 Å². The SMILES string of the molecule is C(=C\n1ncc2ccccc21)/c1ccccc1. The molecule has 2 aromatic carbocycles. The number of rotatable bonds is 2. The average Bonchev–Trinajstić information content (AvgIpc) is 2.81. The van der Waals surface area contributed by atoms with Crippen LogP contribution in [0.1, 0.15) is 5.56 Å². The molecule has 82 valence electrons. The third-order valence-corrected chi connectivity index (χ3v) is 2.71. The third-order valence-electron chi connectivity index (χ3n) is 2.71. The first-order valence-electron chi connectivity index (χ1n) is 5.59. The van der Waals surface area contributed by atoms with E-state index in [1.54, 1.807) is 0 Å². The van der Waals surface area contributed by atoms with Crippen LogP contribution in [-0.4, -0.2) is 9.78 Å². The van der Waals surface area contributed by atoms with Gasteiger partial charge in [-0.2, -0.15) is 5.10 Å². The van der Waals surface area contributed by atoms with Crippen LogP contribution in [0.4, 0.5) is 0 Å². The predicted molar refractivity (Wildman–Crippen MR) is 71.4 cm³/mol. The highest BCUT2D eigenvalue weighted by atomic mass is 15.3. The van der Waals surface area contributed by atoms with Gasteiger partial charge in [-0.3, -0.25) is 0 Å². The summed E-state index contributed by atoms with van der Waals surface area (Å²) in [6.45, 7) is 0. The summed E-state index contributed by atoms with van der Waals surface area (Å²) in [5, 5.41) is 5.50. The Morgan fingerprint density at radius 1 is 0.882 bits per heavy atom. The van der Waals surface area contributed by atoms with Crippen LogP contribution in [0.15, 0.2) is 60.8 Å². The van der Waals surface area contributed by atoms with Crippen molar-refractivity contribution < 1.29 is 0 Å². The Bertz CT molecular complexity index is 651. The molecule has 0 bridgehead atoms. The van der Waals surface area contributed by atoms with Gasteiger partial charge in [-0.15, -0.1) is 0 Å². The van der Waals surface area contributed by atoms with E-state index in [4.69, 9.17) is 0 Å². The Morgan fingerprint density at radius 2 is 1.65 bits per heavy atom. The molecule has 0 spiro atoms. The summed E-state index contributed by atoms with van der Waals surface area (Å²) in [4.78, 5) is 0. The Kier molecular flexibility index (Phi) is 2.47. The lowest BCUT2D eigenvalue weighted by molar-refractivity contribution is 0.969. The molecule has 1 aromatic heterocycles. The number of benzene rings is 2. The van der Waals surface area contributed by atoms with Crippen LogP contribution in [0.2, 0.25) is 0 Å². The van der Waals surface area contributed by atoms with Crippen LogP contribution < -0.4 is 0 Å². The molecule has 0 N–H and O–H groups in total. The molecule has 3 aromatic rings. The molecule has 0 aliphatic rings. The van der Waals surface area contributed by atoms with E-state index >= 15 is 0 Å². The summed E-state index contributed by atoms with van der Waals surface area (Å²) in [5.74, 6) is 0. The monoisotopic (exact) mass is 220 g/mol. The number of fused-ring (bicyclic) bond motifs is 1. The molecule has 0 saturated heterocycles. The largest absolute Gasteiger partial charge is 0.240 e. The van der Waals surface area contributed by atoms with Crippen molar-refractivity contribution in [3.05, 3.63) is 66.4 Å². The summed E-state index contributed by atoms with van der Waals surface area (Å²) in [6, 6.07) is 18.4. The first-order chi connectivity index (χ1) is 8.43. The molecule has 17 heavy (non-hydrogen) atoms. The summed E-state index contributed by atoms with van der Waals surface area (Å²) in [6.07, 6.45) is 5.92. The van der Waals surface area contributed by atoms with Crippen molar-refractivity contribution in [1.82, 2.24) is 9.78 Å². The van der Waals surface area contributed by atoms with E-state index in [-0.39, 0.29) is 0 Å². The normalized spacial score (nSPS) is 11.3. The Labute approximate surface area is 99.8 Å². The average molecular weight is 220 g/mol. The number of hydrogen-bond acceptors (Lipinski definition) is 1. The molecule has 0 amide bonds. The summed E-state index contributed by atoms with van der Waals surface area (Å²) >= 11 is 0. The zero-order valence-electron chi connectivity index (χ0n) is 9.32. The molecule has 0 aliphatic heterocycles. The number of aromatic nitrogens is 2. The van der Waals surface area contributed by atoms with Gasteiger partial charge in [0.1, 0.15) is 0 Å². The molecule has 2 heteroatoms. The summed E-state index contributed by atoms with van der Waals surface area (Å²) in [7, 11) is 0. The van der Waals surface area contributed by atoms with Crippen molar-refractivity contribution in [2.75, 3.05) is 0 Å². The van der Waals surface area contributed by atoms with E-state index in [9.17, 15) is 0 Å². The molecular formula is C15H12N2. The van der Waals surface area contributed by atoms with Gasteiger partial charge in [0.25, 0.3) is 0 Å². The highest BCUT2D eigenvalue weighted by Gasteiger charge is 1.97. The van der Waals surface area contributed by atoms with Gasteiger partial charge >= 0.3 is 0 Å². The van der Waals surface area contributed by atoms with Crippen LogP contribution in [0.25, 0.3) is 23.2 Å². The molecule has 1 heterocycles. The number of hydrogen-bond donors (Lipinski definition) is 0. The van der Waals surface area contributed by atoms with E-state index in [2.05, 4.69) is 35.4 Å². The highest BCUT2D eigenvalue weighted by molar-refractivity contribution is 5.81. The van der Waals surface area contributed by atoms with Gasteiger partial charge in [0.05, 0.1) is 11.7 Å². The third kappa shape index (κ3) is 1.97. The zero-order valence-corrected chi connectivity index (χ0v) is 9.32. The van der Waals surface area contributed by atoms with Crippen LogP contribution >= 0.6 is 0 Å². The van der Waals surface area contributed by atoms with Crippen molar-refractivity contribution >= 4 is 23.2 Å². The van der Waals surface area contributed by atoms with Gasteiger partial charge < -0.3 is 0 Å². The number of nitrogens with zero attached hydrogens (tertiary/aromatic N) is 2. The first kappa shape index (κ1) is 9.85. The van der Waals surface area contributed by atoms with E-state index in [1.807, 2.05) is 47.4 Å². The second-order valence-corrected chi connectivity index (χ2v) is 3.87. The van der Waals surface area contributed by atoms with Crippen molar-refractivity contribution in [3.63, 3.8) is 0 Å². The van der Waals surface area contributed by atoms with Crippen molar-refractivity contribution in [2.45, 2.75) is 0 Å². The van der Waals surface area contributed by atoms with E-state index in [0.29, 0.717) is 0 Å². The lowest BCUT2D eigenvalue weighted by atomic mass is 10.2. The van der Waals surface area contributed by atoms with Crippen LogP contribution in [0.3, 0.4) is 0 Å². The maximum Gasteiger partial charge on any atom is 0.0733 e. The fourth-order valence-electron chi connectivity index (χ4n) is 1.83. The first-order valence-corrected chi connectivity index (χ1v) is 5.59. The van der Waals surface area contributed by atoms with Gasteiger partial charge in [0.15, 0.2) is 0 Å². The Morgan fingerprint density at radius 3 is 2.53 bits per heavy atom. The van der Waals surface area contributed by atoms with Gasteiger partial charge in [0.2, 0.25) is 0 Å². The predicted octanol–water partition coefficient (Wildman–Crippen LogP) is 3.66. The Balaban J connectivity index is 1.98. The minimum absolute atomic E-state index is 1.12. The fourth-order valence-corrected chi connectivity index (χ4v) is 1.83. The molecule has 0 saturated carbocycles. The highest BCUT2D eigenvalue weighted by Crippen LogP contribution is 2.13. The molecule has 3 rings (SSSR count). The molecule has 2 nitrogen and oxygen atoms in total. The minimum atomic E-state index is 1.12. The molecule has 0 aliphatic carbocycles. The van der Waals surface area contributed by atoms with Gasteiger partial charge in [-0.25, -0.2) is 4.68 Å². The topological polar surface area (TPSA) is 17.8 Å². The van der Waals surface area contributed by atoms with Gasteiger partial charge in [-0.1, -0.05) is 48.5 Å².